The Morgan fingerprint density at radius 1 is 1.30 bits per heavy atom. The van der Waals surface area contributed by atoms with E-state index in [2.05, 4.69) is 55.8 Å². The number of fused-ring (bicyclic) bond motifs is 1. The zero-order valence-electron chi connectivity index (χ0n) is 13.0. The molecule has 1 heterocycles. The Kier molecular flexibility index (Phi) is 4.51. The molecule has 0 aliphatic heterocycles. The summed E-state index contributed by atoms with van der Waals surface area (Å²) in [5, 5.41) is 1.29. The maximum atomic E-state index is 5.97. The fraction of sp³-hybridized carbons (Fsp3) is 0.529. The van der Waals surface area contributed by atoms with Gasteiger partial charge in [-0.15, -0.1) is 0 Å². The van der Waals surface area contributed by atoms with Crippen molar-refractivity contribution < 1.29 is 4.74 Å². The molecule has 0 radical (unpaired) electrons. The normalized spacial score (nSPS) is 13.8. The lowest BCUT2D eigenvalue weighted by molar-refractivity contribution is 0.0123. The van der Waals surface area contributed by atoms with Gasteiger partial charge in [0.25, 0.3) is 0 Å². The molecule has 0 aliphatic rings. The molecule has 0 bridgehead atoms. The predicted molar refractivity (Wildman–Crippen MR) is 85.0 cm³/mol. The van der Waals surface area contributed by atoms with E-state index in [4.69, 9.17) is 10.5 Å². The van der Waals surface area contributed by atoms with Crippen LogP contribution in [-0.4, -0.2) is 23.3 Å². The Bertz CT molecular complexity index is 569. The van der Waals surface area contributed by atoms with Crippen molar-refractivity contribution in [2.45, 2.75) is 51.8 Å². The first-order chi connectivity index (χ1) is 9.43. The molecule has 0 saturated heterocycles. The van der Waals surface area contributed by atoms with Crippen LogP contribution in [0, 0.1) is 0 Å². The van der Waals surface area contributed by atoms with Crippen LogP contribution in [0.4, 0.5) is 0 Å². The molecular formula is C17H26N2O. The van der Waals surface area contributed by atoms with Gasteiger partial charge < -0.3 is 15.0 Å². The second kappa shape index (κ2) is 5.98. The molecule has 1 atom stereocenters. The van der Waals surface area contributed by atoms with E-state index in [1.165, 1.54) is 16.5 Å². The van der Waals surface area contributed by atoms with E-state index in [1.807, 2.05) is 0 Å². The first-order valence-corrected chi connectivity index (χ1v) is 7.30. The fourth-order valence-corrected chi connectivity index (χ4v) is 2.53. The van der Waals surface area contributed by atoms with Crippen molar-refractivity contribution in [3.8, 4) is 0 Å². The van der Waals surface area contributed by atoms with E-state index in [-0.39, 0.29) is 11.6 Å². The van der Waals surface area contributed by atoms with Gasteiger partial charge in [-0.05, 0) is 50.6 Å². The second-order valence-electron chi connectivity index (χ2n) is 6.26. The van der Waals surface area contributed by atoms with Gasteiger partial charge >= 0.3 is 0 Å². The van der Waals surface area contributed by atoms with E-state index in [9.17, 15) is 0 Å². The van der Waals surface area contributed by atoms with Crippen LogP contribution in [0.3, 0.4) is 0 Å². The van der Waals surface area contributed by atoms with Crippen LogP contribution in [0.25, 0.3) is 10.9 Å². The molecule has 2 rings (SSSR count). The van der Waals surface area contributed by atoms with Crippen molar-refractivity contribution in [2.24, 2.45) is 5.73 Å². The van der Waals surface area contributed by atoms with E-state index in [1.54, 1.807) is 7.11 Å². The smallest absolute Gasteiger partial charge is 0.0639 e. The number of methoxy groups -OCH3 is 1. The number of rotatable bonds is 6. The first kappa shape index (κ1) is 15.1. The van der Waals surface area contributed by atoms with Crippen LogP contribution < -0.4 is 5.73 Å². The number of ether oxygens (including phenoxy) is 1. The highest BCUT2D eigenvalue weighted by Crippen LogP contribution is 2.23. The molecule has 0 fully saturated rings. The highest BCUT2D eigenvalue weighted by atomic mass is 16.5. The standard InChI is InChI=1S/C17H26N2O/c1-13(18)12-15-7-5-6-14-8-10-19(16(14)15)11-9-17(2,3)20-4/h5-8,10,13H,9,11-12,18H2,1-4H3. The molecule has 2 aromatic rings. The minimum absolute atomic E-state index is 0.0906. The monoisotopic (exact) mass is 274 g/mol. The quantitative estimate of drug-likeness (QED) is 0.877. The van der Waals surface area contributed by atoms with Crippen molar-refractivity contribution in [1.29, 1.82) is 0 Å². The lowest BCUT2D eigenvalue weighted by Gasteiger charge is -2.23. The minimum Gasteiger partial charge on any atom is -0.379 e. The second-order valence-corrected chi connectivity index (χ2v) is 6.26. The van der Waals surface area contributed by atoms with Crippen LogP contribution >= 0.6 is 0 Å². The topological polar surface area (TPSA) is 40.2 Å². The van der Waals surface area contributed by atoms with Gasteiger partial charge in [0.05, 0.1) is 11.1 Å². The van der Waals surface area contributed by atoms with Crippen LogP contribution in [0.1, 0.15) is 32.8 Å². The maximum Gasteiger partial charge on any atom is 0.0639 e. The van der Waals surface area contributed by atoms with Crippen molar-refractivity contribution in [1.82, 2.24) is 4.57 Å². The van der Waals surface area contributed by atoms with Gasteiger partial charge in [-0.3, -0.25) is 0 Å². The maximum absolute atomic E-state index is 5.97. The summed E-state index contributed by atoms with van der Waals surface area (Å²) in [6.45, 7) is 7.27. The Balaban J connectivity index is 2.29. The van der Waals surface area contributed by atoms with Gasteiger partial charge in [0.15, 0.2) is 0 Å². The third kappa shape index (κ3) is 3.41. The molecule has 3 nitrogen and oxygen atoms in total. The largest absolute Gasteiger partial charge is 0.379 e. The minimum atomic E-state index is -0.0906. The van der Waals surface area contributed by atoms with Gasteiger partial charge in [-0.25, -0.2) is 0 Å². The molecule has 0 amide bonds. The molecule has 110 valence electrons. The molecule has 20 heavy (non-hydrogen) atoms. The molecule has 0 aliphatic carbocycles. The SMILES string of the molecule is COC(C)(C)CCn1ccc2cccc(CC(C)N)c21. The van der Waals surface area contributed by atoms with Gasteiger partial charge in [0, 0.05) is 25.9 Å². The molecule has 0 saturated carbocycles. The van der Waals surface area contributed by atoms with Crippen molar-refractivity contribution in [3.05, 3.63) is 36.0 Å². The Hall–Kier alpha value is -1.32. The zero-order chi connectivity index (χ0) is 14.8. The first-order valence-electron chi connectivity index (χ1n) is 7.30. The van der Waals surface area contributed by atoms with Crippen molar-refractivity contribution >= 4 is 10.9 Å². The van der Waals surface area contributed by atoms with Crippen LogP contribution in [0.2, 0.25) is 0 Å². The van der Waals surface area contributed by atoms with Gasteiger partial charge in [-0.2, -0.15) is 0 Å². The summed E-state index contributed by atoms with van der Waals surface area (Å²) in [4.78, 5) is 0. The van der Waals surface area contributed by atoms with E-state index >= 15 is 0 Å². The fourth-order valence-electron chi connectivity index (χ4n) is 2.53. The number of hydrogen-bond acceptors (Lipinski definition) is 2. The molecular weight excluding hydrogens is 248 g/mol. The zero-order valence-corrected chi connectivity index (χ0v) is 13.0. The molecule has 1 aromatic carbocycles. The van der Waals surface area contributed by atoms with Crippen LogP contribution in [0.15, 0.2) is 30.5 Å². The molecule has 1 aromatic heterocycles. The lowest BCUT2D eigenvalue weighted by atomic mass is 10.0. The van der Waals surface area contributed by atoms with Crippen LogP contribution in [-0.2, 0) is 17.7 Å². The summed E-state index contributed by atoms with van der Waals surface area (Å²) in [5.74, 6) is 0. The number of nitrogens with two attached hydrogens (primary N) is 1. The van der Waals surface area contributed by atoms with E-state index in [0.717, 1.165) is 19.4 Å². The summed E-state index contributed by atoms with van der Waals surface area (Å²) >= 11 is 0. The third-order valence-corrected chi connectivity index (χ3v) is 3.92. The summed E-state index contributed by atoms with van der Waals surface area (Å²) in [6, 6.07) is 8.82. The van der Waals surface area contributed by atoms with Gasteiger partial charge in [0.1, 0.15) is 0 Å². The number of hydrogen-bond donors (Lipinski definition) is 1. The number of benzene rings is 1. The van der Waals surface area contributed by atoms with E-state index < -0.39 is 0 Å². The predicted octanol–water partition coefficient (Wildman–Crippen LogP) is 3.35. The van der Waals surface area contributed by atoms with Crippen LogP contribution in [0.5, 0.6) is 0 Å². The molecule has 3 heteroatoms. The molecule has 0 spiro atoms. The molecule has 1 unspecified atom stereocenters. The lowest BCUT2D eigenvalue weighted by Crippen LogP contribution is -2.24. The van der Waals surface area contributed by atoms with Gasteiger partial charge in [-0.1, -0.05) is 18.2 Å². The number of nitrogens with zero attached hydrogens (tertiary/aromatic N) is 1. The van der Waals surface area contributed by atoms with E-state index in [0.29, 0.717) is 0 Å². The Morgan fingerprint density at radius 3 is 2.70 bits per heavy atom. The highest BCUT2D eigenvalue weighted by Gasteiger charge is 2.17. The Morgan fingerprint density at radius 2 is 2.05 bits per heavy atom. The number of aromatic nitrogens is 1. The van der Waals surface area contributed by atoms with Crippen molar-refractivity contribution in [2.75, 3.05) is 7.11 Å². The van der Waals surface area contributed by atoms with Gasteiger partial charge in [0.2, 0.25) is 0 Å². The Labute approximate surface area is 121 Å². The summed E-state index contributed by atoms with van der Waals surface area (Å²) in [7, 11) is 1.77. The highest BCUT2D eigenvalue weighted by molar-refractivity contribution is 5.83. The summed E-state index contributed by atoms with van der Waals surface area (Å²) < 4.78 is 7.84. The summed E-state index contributed by atoms with van der Waals surface area (Å²) in [5.41, 5.74) is 8.53. The third-order valence-electron chi connectivity index (χ3n) is 3.92. The number of aryl methyl sites for hydroxylation is 1. The average Bonchev–Trinajstić information content (AvgIpc) is 2.80. The number of para-hydroxylation sites is 1. The van der Waals surface area contributed by atoms with Crippen molar-refractivity contribution in [3.63, 3.8) is 0 Å². The summed E-state index contributed by atoms with van der Waals surface area (Å²) in [6.07, 6.45) is 4.07. The molecule has 2 N–H and O–H groups in total. The average molecular weight is 274 g/mol.